The fourth-order valence-electron chi connectivity index (χ4n) is 3.46. The largest absolute Gasteiger partial charge is 0.378 e. The van der Waals surface area contributed by atoms with Crippen molar-refractivity contribution in [2.45, 2.75) is 32.1 Å². The van der Waals surface area contributed by atoms with Gasteiger partial charge in [-0.3, -0.25) is 14.7 Å². The third-order valence-electron chi connectivity index (χ3n) is 4.86. The van der Waals surface area contributed by atoms with E-state index in [1.165, 1.54) is 0 Å². The van der Waals surface area contributed by atoms with Crippen LogP contribution < -0.4 is 0 Å². The topological polar surface area (TPSA) is 78.5 Å². The van der Waals surface area contributed by atoms with Crippen LogP contribution in [0, 0.1) is 5.92 Å². The molecule has 3 heterocycles. The summed E-state index contributed by atoms with van der Waals surface area (Å²) in [6.07, 6.45) is 7.65. The number of carbonyl (C=O) groups excluding carboxylic acids is 2. The van der Waals surface area contributed by atoms with Gasteiger partial charge >= 0.3 is 0 Å². The van der Waals surface area contributed by atoms with Gasteiger partial charge in [0.1, 0.15) is 0 Å². The third kappa shape index (κ3) is 4.35. The van der Waals surface area contributed by atoms with Gasteiger partial charge in [-0.15, -0.1) is 0 Å². The van der Waals surface area contributed by atoms with Crippen LogP contribution in [0.1, 0.15) is 31.2 Å². The van der Waals surface area contributed by atoms with E-state index in [4.69, 9.17) is 4.74 Å². The number of ether oxygens (including phenoxy) is 1. The summed E-state index contributed by atoms with van der Waals surface area (Å²) in [5, 5.41) is 6.70. The van der Waals surface area contributed by atoms with E-state index in [0.717, 1.165) is 37.8 Å². The number of aromatic amines is 1. The lowest BCUT2D eigenvalue weighted by Gasteiger charge is -2.36. The molecule has 132 valence electrons. The number of hydrogen-bond donors (Lipinski definition) is 1. The molecule has 0 aromatic carbocycles. The quantitative estimate of drug-likeness (QED) is 0.865. The minimum Gasteiger partial charge on any atom is -0.378 e. The summed E-state index contributed by atoms with van der Waals surface area (Å²) in [5.74, 6) is 0.307. The molecule has 2 aliphatic heterocycles. The van der Waals surface area contributed by atoms with E-state index in [0.29, 0.717) is 39.3 Å². The number of H-pyrrole nitrogens is 1. The first kappa shape index (κ1) is 17.0. The molecule has 7 heteroatoms. The molecule has 1 aromatic heterocycles. The number of morpholine rings is 1. The zero-order valence-electron chi connectivity index (χ0n) is 14.1. The zero-order valence-corrected chi connectivity index (χ0v) is 14.1. The van der Waals surface area contributed by atoms with E-state index in [1.807, 2.05) is 16.0 Å². The summed E-state index contributed by atoms with van der Waals surface area (Å²) in [4.78, 5) is 28.8. The Morgan fingerprint density at radius 1 is 1.25 bits per heavy atom. The fraction of sp³-hybridized carbons (Fsp3) is 0.706. The fourth-order valence-corrected chi connectivity index (χ4v) is 3.46. The van der Waals surface area contributed by atoms with Crippen LogP contribution in [0.3, 0.4) is 0 Å². The molecular weight excluding hydrogens is 308 g/mol. The molecule has 7 nitrogen and oxygen atoms in total. The highest BCUT2D eigenvalue weighted by Gasteiger charge is 2.31. The molecule has 0 spiro atoms. The summed E-state index contributed by atoms with van der Waals surface area (Å²) < 4.78 is 5.31. The normalized spacial score (nSPS) is 21.8. The average molecular weight is 334 g/mol. The van der Waals surface area contributed by atoms with E-state index in [2.05, 4.69) is 10.2 Å². The Balaban J connectivity index is 1.45. The maximum absolute atomic E-state index is 12.6. The molecular formula is C17H26N4O3. The van der Waals surface area contributed by atoms with Gasteiger partial charge in [-0.1, -0.05) is 0 Å². The highest BCUT2D eigenvalue weighted by molar-refractivity contribution is 5.81. The van der Waals surface area contributed by atoms with Crippen LogP contribution in [0.4, 0.5) is 0 Å². The predicted molar refractivity (Wildman–Crippen MR) is 88.2 cm³/mol. The number of hydrogen-bond acceptors (Lipinski definition) is 4. The molecule has 2 fully saturated rings. The van der Waals surface area contributed by atoms with Crippen molar-refractivity contribution in [3.8, 4) is 0 Å². The lowest BCUT2D eigenvalue weighted by atomic mass is 9.95. The van der Waals surface area contributed by atoms with E-state index in [1.54, 1.807) is 6.20 Å². The van der Waals surface area contributed by atoms with Crippen LogP contribution in [0.15, 0.2) is 12.4 Å². The summed E-state index contributed by atoms with van der Waals surface area (Å²) >= 11 is 0. The highest BCUT2D eigenvalue weighted by atomic mass is 16.5. The monoisotopic (exact) mass is 334 g/mol. The van der Waals surface area contributed by atoms with Crippen molar-refractivity contribution in [3.05, 3.63) is 18.0 Å². The van der Waals surface area contributed by atoms with Gasteiger partial charge in [0.15, 0.2) is 0 Å². The SMILES string of the molecule is O=C(CCCc1cn[nH]c1)N1CCC[C@H](C(=O)N2CCOCC2)C1. The predicted octanol–water partition coefficient (Wildman–Crippen LogP) is 0.830. The zero-order chi connectivity index (χ0) is 16.8. The van der Waals surface area contributed by atoms with Gasteiger partial charge in [-0.25, -0.2) is 0 Å². The van der Waals surface area contributed by atoms with Gasteiger partial charge in [0.05, 0.1) is 25.3 Å². The number of carbonyl (C=O) groups is 2. The lowest BCUT2D eigenvalue weighted by Crippen LogP contribution is -2.49. The Bertz CT molecular complexity index is 540. The molecule has 2 saturated heterocycles. The Morgan fingerprint density at radius 2 is 2.08 bits per heavy atom. The van der Waals surface area contributed by atoms with Crippen LogP contribution in [-0.2, 0) is 20.7 Å². The molecule has 1 atom stereocenters. The smallest absolute Gasteiger partial charge is 0.227 e. The second kappa shape index (κ2) is 8.28. The summed E-state index contributed by atoms with van der Waals surface area (Å²) in [6.45, 7) is 3.93. The molecule has 3 rings (SSSR count). The Kier molecular flexibility index (Phi) is 5.85. The van der Waals surface area contributed by atoms with Crippen LogP contribution in [-0.4, -0.2) is 71.2 Å². The summed E-state index contributed by atoms with van der Waals surface area (Å²) in [6, 6.07) is 0. The molecule has 0 saturated carbocycles. The second-order valence-electron chi connectivity index (χ2n) is 6.58. The Hall–Kier alpha value is -1.89. The highest BCUT2D eigenvalue weighted by Crippen LogP contribution is 2.20. The molecule has 2 amide bonds. The van der Waals surface area contributed by atoms with E-state index in [-0.39, 0.29) is 17.7 Å². The Labute approximate surface area is 142 Å². The molecule has 0 radical (unpaired) electrons. The van der Waals surface area contributed by atoms with E-state index < -0.39 is 0 Å². The van der Waals surface area contributed by atoms with Crippen molar-refractivity contribution in [1.29, 1.82) is 0 Å². The lowest BCUT2D eigenvalue weighted by molar-refractivity contribution is -0.144. The van der Waals surface area contributed by atoms with Gasteiger partial charge in [-0.05, 0) is 31.2 Å². The van der Waals surface area contributed by atoms with Crippen molar-refractivity contribution < 1.29 is 14.3 Å². The standard InChI is InChI=1S/C17H26N4O3/c22-16(5-1-3-14-11-18-19-12-14)21-6-2-4-15(13-21)17(23)20-7-9-24-10-8-20/h11-12,15H,1-10,13H2,(H,18,19)/t15-/m0/s1. The van der Waals surface area contributed by atoms with Crippen molar-refractivity contribution in [3.63, 3.8) is 0 Å². The molecule has 2 aliphatic rings. The number of nitrogens with zero attached hydrogens (tertiary/aromatic N) is 3. The first-order valence-electron chi connectivity index (χ1n) is 8.86. The molecule has 0 aliphatic carbocycles. The van der Waals surface area contributed by atoms with E-state index >= 15 is 0 Å². The van der Waals surface area contributed by atoms with Crippen molar-refractivity contribution in [2.24, 2.45) is 5.92 Å². The number of likely N-dealkylation sites (tertiary alicyclic amines) is 1. The van der Waals surface area contributed by atoms with Crippen LogP contribution in [0.25, 0.3) is 0 Å². The van der Waals surface area contributed by atoms with Gasteiger partial charge < -0.3 is 14.5 Å². The van der Waals surface area contributed by atoms with Crippen molar-refractivity contribution in [1.82, 2.24) is 20.0 Å². The van der Waals surface area contributed by atoms with Crippen LogP contribution in [0.2, 0.25) is 0 Å². The summed E-state index contributed by atoms with van der Waals surface area (Å²) in [5.41, 5.74) is 1.13. The van der Waals surface area contributed by atoms with Gasteiger partial charge in [0, 0.05) is 38.8 Å². The van der Waals surface area contributed by atoms with E-state index in [9.17, 15) is 9.59 Å². The first-order valence-corrected chi connectivity index (χ1v) is 8.86. The average Bonchev–Trinajstić information content (AvgIpc) is 3.15. The molecule has 0 unspecified atom stereocenters. The van der Waals surface area contributed by atoms with Crippen molar-refractivity contribution >= 4 is 11.8 Å². The Morgan fingerprint density at radius 3 is 2.83 bits per heavy atom. The first-order chi connectivity index (χ1) is 11.7. The minimum absolute atomic E-state index is 0.0466. The number of piperidine rings is 1. The molecule has 1 aromatic rings. The van der Waals surface area contributed by atoms with Gasteiger partial charge in [0.2, 0.25) is 11.8 Å². The number of aromatic nitrogens is 2. The van der Waals surface area contributed by atoms with Gasteiger partial charge in [-0.2, -0.15) is 5.10 Å². The molecule has 24 heavy (non-hydrogen) atoms. The van der Waals surface area contributed by atoms with Gasteiger partial charge in [0.25, 0.3) is 0 Å². The van der Waals surface area contributed by atoms with Crippen LogP contribution >= 0.6 is 0 Å². The third-order valence-corrected chi connectivity index (χ3v) is 4.86. The number of nitrogens with one attached hydrogen (secondary N) is 1. The maximum atomic E-state index is 12.6. The maximum Gasteiger partial charge on any atom is 0.227 e. The van der Waals surface area contributed by atoms with Crippen LogP contribution in [0.5, 0.6) is 0 Å². The molecule has 1 N–H and O–H groups in total. The van der Waals surface area contributed by atoms with Crippen molar-refractivity contribution in [2.75, 3.05) is 39.4 Å². The number of rotatable bonds is 5. The number of amides is 2. The number of aryl methyl sites for hydroxylation is 1. The molecule has 0 bridgehead atoms. The minimum atomic E-state index is -0.0466. The summed E-state index contributed by atoms with van der Waals surface area (Å²) in [7, 11) is 0. The second-order valence-corrected chi connectivity index (χ2v) is 6.58.